The quantitative estimate of drug-likeness (QED) is 0.753. The summed E-state index contributed by atoms with van der Waals surface area (Å²) in [6.45, 7) is 5.15. The van der Waals surface area contributed by atoms with E-state index < -0.39 is 0 Å². The Morgan fingerprint density at radius 2 is 2.35 bits per heavy atom. The predicted octanol–water partition coefficient (Wildman–Crippen LogP) is 2.43. The van der Waals surface area contributed by atoms with Crippen molar-refractivity contribution in [2.24, 2.45) is 5.92 Å². The maximum atomic E-state index is 13.1. The fraction of sp³-hybridized carbons (Fsp3) is 0.588. The Morgan fingerprint density at radius 1 is 1.52 bits per heavy atom. The number of nitrogens with one attached hydrogen (secondary N) is 2. The molecule has 0 radical (unpaired) electrons. The highest BCUT2D eigenvalue weighted by Gasteiger charge is 2.21. The first-order valence-electron chi connectivity index (χ1n) is 8.27. The molecule has 6 heteroatoms. The number of anilines is 1. The lowest BCUT2D eigenvalue weighted by molar-refractivity contribution is 0.0824. The molecule has 2 atom stereocenters. The number of rotatable bonds is 6. The molecular weight excluding hydrogens is 297 g/mol. The van der Waals surface area contributed by atoms with Crippen molar-refractivity contribution in [1.82, 2.24) is 10.2 Å². The summed E-state index contributed by atoms with van der Waals surface area (Å²) in [4.78, 5) is 14.1. The van der Waals surface area contributed by atoms with Crippen LogP contribution in [0.5, 0.6) is 0 Å². The van der Waals surface area contributed by atoms with Crippen molar-refractivity contribution in [3.8, 4) is 0 Å². The smallest absolute Gasteiger partial charge is 0.319 e. The maximum absolute atomic E-state index is 13.1. The second kappa shape index (κ2) is 8.84. The molecule has 128 valence electrons. The van der Waals surface area contributed by atoms with E-state index >= 15 is 0 Å². The molecule has 1 aromatic carbocycles. The number of hydrogen-bond donors (Lipinski definition) is 3. The first kappa shape index (κ1) is 17.7. The molecule has 0 aromatic heterocycles. The van der Waals surface area contributed by atoms with Gasteiger partial charge in [-0.25, -0.2) is 9.18 Å². The molecule has 1 aliphatic heterocycles. The second-order valence-electron chi connectivity index (χ2n) is 6.18. The highest BCUT2D eigenvalue weighted by atomic mass is 19.1. The molecule has 2 unspecified atom stereocenters. The van der Waals surface area contributed by atoms with E-state index in [1.807, 2.05) is 6.92 Å². The van der Waals surface area contributed by atoms with Gasteiger partial charge < -0.3 is 20.6 Å². The molecule has 1 fully saturated rings. The Bertz CT molecular complexity index is 512. The van der Waals surface area contributed by atoms with Crippen molar-refractivity contribution < 1.29 is 14.3 Å². The van der Waals surface area contributed by atoms with E-state index in [0.29, 0.717) is 24.7 Å². The first-order valence-corrected chi connectivity index (χ1v) is 8.27. The Balaban J connectivity index is 1.73. The Hall–Kier alpha value is -1.66. The lowest BCUT2D eigenvalue weighted by Crippen LogP contribution is -2.44. The van der Waals surface area contributed by atoms with Gasteiger partial charge >= 0.3 is 6.03 Å². The van der Waals surface area contributed by atoms with Crippen molar-refractivity contribution >= 4 is 11.7 Å². The molecule has 1 aromatic rings. The Labute approximate surface area is 136 Å². The maximum Gasteiger partial charge on any atom is 0.319 e. The Morgan fingerprint density at radius 3 is 3.09 bits per heavy atom. The van der Waals surface area contributed by atoms with E-state index in [0.717, 1.165) is 32.4 Å². The zero-order valence-corrected chi connectivity index (χ0v) is 13.6. The van der Waals surface area contributed by atoms with Crippen LogP contribution in [0.4, 0.5) is 14.9 Å². The average molecular weight is 323 g/mol. The van der Waals surface area contributed by atoms with Crippen molar-refractivity contribution in [2.75, 3.05) is 31.5 Å². The van der Waals surface area contributed by atoms with Gasteiger partial charge in [-0.3, -0.25) is 0 Å². The third kappa shape index (κ3) is 6.15. The van der Waals surface area contributed by atoms with Crippen molar-refractivity contribution in [3.05, 3.63) is 30.1 Å². The number of aliphatic hydroxyl groups is 1. The number of likely N-dealkylation sites (tertiary alicyclic amines) is 1. The van der Waals surface area contributed by atoms with Gasteiger partial charge in [0.1, 0.15) is 5.82 Å². The van der Waals surface area contributed by atoms with Crippen molar-refractivity contribution in [3.63, 3.8) is 0 Å². The minimum atomic E-state index is -0.375. The number of amides is 2. The molecular formula is C17H26FN3O2. The third-order valence-corrected chi connectivity index (χ3v) is 4.18. The molecule has 5 nitrogen and oxygen atoms in total. The first-order chi connectivity index (χ1) is 11.1. The van der Waals surface area contributed by atoms with Gasteiger partial charge in [0, 0.05) is 25.3 Å². The van der Waals surface area contributed by atoms with Crippen LogP contribution >= 0.6 is 0 Å². The molecule has 0 spiro atoms. The molecule has 0 aliphatic carbocycles. The van der Waals surface area contributed by atoms with E-state index in [2.05, 4.69) is 15.5 Å². The zero-order valence-electron chi connectivity index (χ0n) is 13.6. The number of hydrogen-bond acceptors (Lipinski definition) is 3. The van der Waals surface area contributed by atoms with Crippen LogP contribution in [0.15, 0.2) is 24.3 Å². The fourth-order valence-corrected chi connectivity index (χ4v) is 2.89. The van der Waals surface area contributed by atoms with Crippen LogP contribution in [0, 0.1) is 11.7 Å². The normalized spacial score (nSPS) is 20.0. The van der Waals surface area contributed by atoms with E-state index in [1.54, 1.807) is 12.1 Å². The minimum absolute atomic E-state index is 0.280. The van der Waals surface area contributed by atoms with Crippen LogP contribution in [-0.2, 0) is 0 Å². The van der Waals surface area contributed by atoms with E-state index in [-0.39, 0.29) is 18.0 Å². The van der Waals surface area contributed by atoms with Gasteiger partial charge in [-0.15, -0.1) is 0 Å². The van der Waals surface area contributed by atoms with Gasteiger partial charge in [0.05, 0.1) is 6.10 Å². The molecule has 23 heavy (non-hydrogen) atoms. The topological polar surface area (TPSA) is 64.6 Å². The van der Waals surface area contributed by atoms with Gasteiger partial charge in [0.25, 0.3) is 0 Å². The fourth-order valence-electron chi connectivity index (χ4n) is 2.89. The van der Waals surface area contributed by atoms with Gasteiger partial charge in [-0.1, -0.05) is 13.0 Å². The highest BCUT2D eigenvalue weighted by molar-refractivity contribution is 5.89. The lowest BCUT2D eigenvalue weighted by Gasteiger charge is -2.33. The average Bonchev–Trinajstić information content (AvgIpc) is 2.53. The molecule has 0 saturated carbocycles. The highest BCUT2D eigenvalue weighted by Crippen LogP contribution is 2.16. The van der Waals surface area contributed by atoms with Crippen LogP contribution in [-0.4, -0.2) is 48.3 Å². The van der Waals surface area contributed by atoms with Gasteiger partial charge in [0.15, 0.2) is 0 Å². The molecule has 3 N–H and O–H groups in total. The number of carbonyl (C=O) groups is 1. The minimum Gasteiger partial charge on any atom is -0.392 e. The van der Waals surface area contributed by atoms with Gasteiger partial charge in [-0.2, -0.15) is 0 Å². The largest absolute Gasteiger partial charge is 0.392 e. The summed E-state index contributed by atoms with van der Waals surface area (Å²) < 4.78 is 13.1. The molecule has 2 amide bonds. The number of urea groups is 1. The zero-order chi connectivity index (χ0) is 16.7. The summed E-state index contributed by atoms with van der Waals surface area (Å²) in [6, 6.07) is 5.51. The standard InChI is InChI=1S/C17H26FN3O2/c1-2-16(22)12-21-8-4-5-13(11-21)10-19-17(23)20-15-7-3-6-14(18)9-15/h3,6-7,9,13,16,22H,2,4-5,8,10-12H2,1H3,(H2,19,20,23). The second-order valence-corrected chi connectivity index (χ2v) is 6.18. The number of benzene rings is 1. The number of nitrogens with zero attached hydrogens (tertiary/aromatic N) is 1. The van der Waals surface area contributed by atoms with Crippen LogP contribution < -0.4 is 10.6 Å². The number of aliphatic hydroxyl groups excluding tert-OH is 1. The van der Waals surface area contributed by atoms with Crippen molar-refractivity contribution in [2.45, 2.75) is 32.3 Å². The van der Waals surface area contributed by atoms with Gasteiger partial charge in [0.2, 0.25) is 0 Å². The van der Waals surface area contributed by atoms with E-state index in [4.69, 9.17) is 0 Å². The summed E-state index contributed by atoms with van der Waals surface area (Å²) in [5.41, 5.74) is 0.443. The van der Waals surface area contributed by atoms with Gasteiger partial charge in [-0.05, 0) is 49.9 Å². The number of halogens is 1. The lowest BCUT2D eigenvalue weighted by atomic mass is 9.97. The van der Waals surface area contributed by atoms with Crippen LogP contribution in [0.1, 0.15) is 26.2 Å². The van der Waals surface area contributed by atoms with E-state index in [9.17, 15) is 14.3 Å². The molecule has 1 aliphatic rings. The summed E-state index contributed by atoms with van der Waals surface area (Å²) in [5, 5.41) is 15.2. The van der Waals surface area contributed by atoms with E-state index in [1.165, 1.54) is 12.1 Å². The van der Waals surface area contributed by atoms with Crippen molar-refractivity contribution in [1.29, 1.82) is 0 Å². The predicted molar refractivity (Wildman–Crippen MR) is 88.9 cm³/mol. The molecule has 0 bridgehead atoms. The number of piperidine rings is 1. The third-order valence-electron chi connectivity index (χ3n) is 4.18. The van der Waals surface area contributed by atoms with Crippen LogP contribution in [0.3, 0.4) is 0 Å². The SMILES string of the molecule is CCC(O)CN1CCCC(CNC(=O)Nc2cccc(F)c2)C1. The van der Waals surface area contributed by atoms with Crippen LogP contribution in [0.25, 0.3) is 0 Å². The number of carbonyl (C=O) groups excluding carboxylic acids is 1. The number of β-amino-alcohol motifs (C(OH)–C–C–N with tert-alkyl or cyclic N) is 1. The summed E-state index contributed by atoms with van der Waals surface area (Å²) in [7, 11) is 0. The summed E-state index contributed by atoms with van der Waals surface area (Å²) in [5.74, 6) is 0.00581. The molecule has 2 rings (SSSR count). The van der Waals surface area contributed by atoms with Crippen LogP contribution in [0.2, 0.25) is 0 Å². The summed E-state index contributed by atoms with van der Waals surface area (Å²) in [6.07, 6.45) is 2.63. The molecule has 1 saturated heterocycles. The molecule has 1 heterocycles. The monoisotopic (exact) mass is 323 g/mol. The Kier molecular flexibility index (Phi) is 6.80. The summed E-state index contributed by atoms with van der Waals surface area (Å²) >= 11 is 0.